The molecule has 0 aliphatic carbocycles. The molecule has 0 spiro atoms. The predicted molar refractivity (Wildman–Crippen MR) is 105 cm³/mol. The summed E-state index contributed by atoms with van der Waals surface area (Å²) in [6, 6.07) is 5.71. The first kappa shape index (κ1) is 17.3. The highest BCUT2D eigenvalue weighted by Crippen LogP contribution is 2.28. The minimum absolute atomic E-state index is 0.0946. The van der Waals surface area contributed by atoms with Gasteiger partial charge in [-0.05, 0) is 30.5 Å². The summed E-state index contributed by atoms with van der Waals surface area (Å²) in [7, 11) is 2.04. The molecule has 0 saturated carbocycles. The number of aromatic amines is 1. The Balaban J connectivity index is 1.52. The molecular weight excluding hydrogens is 342 g/mol. The number of fused-ring (bicyclic) bond motifs is 1. The molecule has 8 nitrogen and oxygen atoms in total. The molecule has 3 aromatic heterocycles. The summed E-state index contributed by atoms with van der Waals surface area (Å²) < 4.78 is 0. The molecule has 140 valence electrons. The van der Waals surface area contributed by atoms with Crippen molar-refractivity contribution >= 4 is 28.6 Å². The van der Waals surface area contributed by atoms with Crippen LogP contribution in [0.2, 0.25) is 0 Å². The summed E-state index contributed by atoms with van der Waals surface area (Å²) in [4.78, 5) is 32.7. The first-order chi connectivity index (χ1) is 13.1. The second-order valence-corrected chi connectivity index (χ2v) is 7.00. The zero-order valence-corrected chi connectivity index (χ0v) is 15.5. The Morgan fingerprint density at radius 1 is 1.37 bits per heavy atom. The van der Waals surface area contributed by atoms with Crippen molar-refractivity contribution in [3.05, 3.63) is 43.1 Å². The number of pyridine rings is 1. The summed E-state index contributed by atoms with van der Waals surface area (Å²) in [6.45, 7) is 3.60. The number of piperidine rings is 1. The van der Waals surface area contributed by atoms with E-state index in [9.17, 15) is 4.79 Å². The Labute approximate surface area is 157 Å². The summed E-state index contributed by atoms with van der Waals surface area (Å²) in [5, 5.41) is 3.92. The van der Waals surface area contributed by atoms with Crippen LogP contribution in [0, 0.1) is 5.92 Å². The molecule has 0 radical (unpaired) electrons. The van der Waals surface area contributed by atoms with Crippen molar-refractivity contribution in [3.8, 4) is 0 Å². The van der Waals surface area contributed by atoms with Crippen molar-refractivity contribution in [2.24, 2.45) is 5.92 Å². The average Bonchev–Trinajstić information content (AvgIpc) is 3.17. The Morgan fingerprint density at radius 3 is 3.07 bits per heavy atom. The normalized spacial score (nSPS) is 19.9. The lowest BCUT2D eigenvalue weighted by atomic mass is 9.92. The highest BCUT2D eigenvalue weighted by atomic mass is 16.2. The number of H-pyrrole nitrogens is 1. The van der Waals surface area contributed by atoms with Crippen LogP contribution in [0.5, 0.6) is 0 Å². The smallest absolute Gasteiger partial charge is 0.321 e. The van der Waals surface area contributed by atoms with Gasteiger partial charge in [0.25, 0.3) is 0 Å². The van der Waals surface area contributed by atoms with E-state index in [1.54, 1.807) is 18.7 Å². The first-order valence-corrected chi connectivity index (χ1v) is 9.10. The fourth-order valence-electron chi connectivity index (χ4n) is 3.67. The topological polar surface area (TPSA) is 90.0 Å². The minimum atomic E-state index is -0.0946. The SMILES string of the molecule is CC1CCN(C(=O)Nc2cccnc2)CC1N(C)c1ncnc2[nH]ccc12. The Hall–Kier alpha value is -3.16. The number of nitrogens with one attached hydrogen (secondary N) is 2. The second-order valence-electron chi connectivity index (χ2n) is 7.00. The fourth-order valence-corrected chi connectivity index (χ4v) is 3.67. The number of hydrogen-bond acceptors (Lipinski definition) is 5. The van der Waals surface area contributed by atoms with E-state index in [1.807, 2.05) is 36.3 Å². The zero-order chi connectivity index (χ0) is 18.8. The largest absolute Gasteiger partial charge is 0.354 e. The summed E-state index contributed by atoms with van der Waals surface area (Å²) >= 11 is 0. The van der Waals surface area contributed by atoms with E-state index in [-0.39, 0.29) is 12.1 Å². The van der Waals surface area contributed by atoms with E-state index in [2.05, 4.69) is 37.1 Å². The predicted octanol–water partition coefficient (Wildman–Crippen LogP) is 2.73. The van der Waals surface area contributed by atoms with Crippen LogP contribution in [0.3, 0.4) is 0 Å². The van der Waals surface area contributed by atoms with Crippen LogP contribution >= 0.6 is 0 Å². The summed E-state index contributed by atoms with van der Waals surface area (Å²) in [6.07, 6.45) is 7.72. The van der Waals surface area contributed by atoms with Gasteiger partial charge >= 0.3 is 6.03 Å². The third-order valence-corrected chi connectivity index (χ3v) is 5.28. The quantitative estimate of drug-likeness (QED) is 0.745. The molecule has 0 aromatic carbocycles. The molecule has 2 N–H and O–H groups in total. The van der Waals surface area contributed by atoms with Crippen LogP contribution in [0.25, 0.3) is 11.0 Å². The maximum absolute atomic E-state index is 12.7. The minimum Gasteiger partial charge on any atom is -0.354 e. The van der Waals surface area contributed by atoms with Crippen LogP contribution in [0.4, 0.5) is 16.3 Å². The lowest BCUT2D eigenvalue weighted by Crippen LogP contribution is -2.53. The fraction of sp³-hybridized carbons (Fsp3) is 0.368. The lowest BCUT2D eigenvalue weighted by Gasteiger charge is -2.42. The number of rotatable bonds is 3. The van der Waals surface area contributed by atoms with Crippen molar-refractivity contribution in [2.75, 3.05) is 30.4 Å². The number of likely N-dealkylation sites (N-methyl/N-ethyl adjacent to an activating group) is 1. The Morgan fingerprint density at radius 2 is 2.26 bits per heavy atom. The molecule has 1 aliphatic heterocycles. The Bertz CT molecular complexity index is 926. The van der Waals surface area contributed by atoms with Crippen LogP contribution in [0.1, 0.15) is 13.3 Å². The molecule has 4 rings (SSSR count). The molecule has 8 heteroatoms. The van der Waals surface area contributed by atoms with Gasteiger partial charge in [0.1, 0.15) is 17.8 Å². The molecule has 2 unspecified atom stereocenters. The number of urea groups is 1. The third kappa shape index (κ3) is 3.42. The van der Waals surface area contributed by atoms with Gasteiger partial charge in [-0.2, -0.15) is 0 Å². The molecule has 2 atom stereocenters. The highest BCUT2D eigenvalue weighted by molar-refractivity contribution is 5.89. The van der Waals surface area contributed by atoms with E-state index in [4.69, 9.17) is 0 Å². The van der Waals surface area contributed by atoms with Gasteiger partial charge in [0, 0.05) is 32.5 Å². The van der Waals surface area contributed by atoms with Gasteiger partial charge in [-0.1, -0.05) is 6.92 Å². The van der Waals surface area contributed by atoms with E-state index in [1.165, 1.54) is 0 Å². The molecule has 0 bridgehead atoms. The number of aromatic nitrogens is 4. The monoisotopic (exact) mass is 365 g/mol. The van der Waals surface area contributed by atoms with Crippen LogP contribution in [-0.2, 0) is 0 Å². The van der Waals surface area contributed by atoms with E-state index < -0.39 is 0 Å². The molecule has 2 amide bonds. The molecule has 1 saturated heterocycles. The Kier molecular flexibility index (Phi) is 4.62. The lowest BCUT2D eigenvalue weighted by molar-refractivity contribution is 0.172. The van der Waals surface area contributed by atoms with Crippen molar-refractivity contribution in [3.63, 3.8) is 0 Å². The number of anilines is 2. The number of likely N-dealkylation sites (tertiary alicyclic amines) is 1. The number of hydrogen-bond donors (Lipinski definition) is 2. The third-order valence-electron chi connectivity index (χ3n) is 5.28. The van der Waals surface area contributed by atoms with Crippen molar-refractivity contribution in [2.45, 2.75) is 19.4 Å². The number of nitrogens with zero attached hydrogens (tertiary/aromatic N) is 5. The summed E-state index contributed by atoms with van der Waals surface area (Å²) in [5.74, 6) is 1.33. The molecular formula is C19H23N7O. The highest BCUT2D eigenvalue weighted by Gasteiger charge is 2.32. The van der Waals surface area contributed by atoms with Crippen LogP contribution < -0.4 is 10.2 Å². The van der Waals surface area contributed by atoms with Gasteiger partial charge in [0.05, 0.1) is 23.3 Å². The summed E-state index contributed by atoms with van der Waals surface area (Å²) in [5.41, 5.74) is 1.53. The van der Waals surface area contributed by atoms with Gasteiger partial charge < -0.3 is 20.1 Å². The molecule has 1 fully saturated rings. The number of carbonyl (C=O) groups excluding carboxylic acids is 1. The number of amides is 2. The zero-order valence-electron chi connectivity index (χ0n) is 15.5. The average molecular weight is 365 g/mol. The molecule has 3 aromatic rings. The van der Waals surface area contributed by atoms with Gasteiger partial charge in [-0.25, -0.2) is 14.8 Å². The van der Waals surface area contributed by atoms with Crippen molar-refractivity contribution in [1.29, 1.82) is 0 Å². The maximum Gasteiger partial charge on any atom is 0.321 e. The van der Waals surface area contributed by atoms with Gasteiger partial charge in [0.2, 0.25) is 0 Å². The van der Waals surface area contributed by atoms with Crippen molar-refractivity contribution < 1.29 is 4.79 Å². The molecule has 4 heterocycles. The molecule has 27 heavy (non-hydrogen) atoms. The second kappa shape index (κ2) is 7.22. The van der Waals surface area contributed by atoms with Crippen molar-refractivity contribution in [1.82, 2.24) is 24.8 Å². The van der Waals surface area contributed by atoms with Gasteiger partial charge in [-0.3, -0.25) is 4.98 Å². The maximum atomic E-state index is 12.7. The molecule has 1 aliphatic rings. The van der Waals surface area contributed by atoms with E-state index >= 15 is 0 Å². The van der Waals surface area contributed by atoms with Crippen LogP contribution in [0.15, 0.2) is 43.1 Å². The van der Waals surface area contributed by atoms with Crippen LogP contribution in [-0.4, -0.2) is 57.0 Å². The standard InChI is InChI=1S/C19H23N7O/c1-13-6-9-26(19(27)24-14-4-3-7-20-10-14)11-16(13)25(2)18-15-5-8-21-17(15)22-12-23-18/h3-5,7-8,10,12-13,16H,6,9,11H2,1-2H3,(H,24,27)(H,21,22,23). The van der Waals surface area contributed by atoms with Gasteiger partial charge in [0.15, 0.2) is 0 Å². The first-order valence-electron chi connectivity index (χ1n) is 9.10. The van der Waals surface area contributed by atoms with Gasteiger partial charge in [-0.15, -0.1) is 0 Å². The number of carbonyl (C=O) groups is 1. The van der Waals surface area contributed by atoms with E-state index in [0.29, 0.717) is 18.2 Å². The van der Waals surface area contributed by atoms with E-state index in [0.717, 1.165) is 29.8 Å².